The topological polar surface area (TPSA) is 43.7 Å². The van der Waals surface area contributed by atoms with E-state index < -0.39 is 6.10 Å². The quantitative estimate of drug-likeness (QED) is 0.871. The zero-order chi connectivity index (χ0) is 14.5. The molecule has 0 saturated heterocycles. The zero-order valence-electron chi connectivity index (χ0n) is 12.0. The molecule has 1 aliphatic rings. The van der Waals surface area contributed by atoms with Gasteiger partial charge in [0.2, 0.25) is 0 Å². The summed E-state index contributed by atoms with van der Waals surface area (Å²) in [5, 5.41) is 20.1. The van der Waals surface area contributed by atoms with Crippen LogP contribution in [0.15, 0.2) is 24.3 Å². The standard InChI is InChI=1S/C16H24FNO2/c1-18(14-7-2-3-8-16(14)20)10-9-15(19)12-5-4-6-13(17)11-12/h4-6,11,14-16,19-20H,2-3,7-10H2,1H3. The van der Waals surface area contributed by atoms with Gasteiger partial charge in [-0.25, -0.2) is 4.39 Å². The molecule has 20 heavy (non-hydrogen) atoms. The summed E-state index contributed by atoms with van der Waals surface area (Å²) in [6, 6.07) is 6.29. The largest absolute Gasteiger partial charge is 0.391 e. The second-order valence-electron chi connectivity index (χ2n) is 5.76. The number of hydrogen-bond acceptors (Lipinski definition) is 3. The maximum atomic E-state index is 13.1. The summed E-state index contributed by atoms with van der Waals surface area (Å²) in [6.45, 7) is 0.694. The van der Waals surface area contributed by atoms with Crippen LogP contribution >= 0.6 is 0 Å². The smallest absolute Gasteiger partial charge is 0.123 e. The van der Waals surface area contributed by atoms with Crippen molar-refractivity contribution in [2.45, 2.75) is 50.4 Å². The number of rotatable bonds is 5. The fraction of sp³-hybridized carbons (Fsp3) is 0.625. The van der Waals surface area contributed by atoms with Crippen LogP contribution in [0, 0.1) is 5.82 Å². The van der Waals surface area contributed by atoms with E-state index in [0.717, 1.165) is 25.7 Å². The second-order valence-corrected chi connectivity index (χ2v) is 5.76. The molecule has 1 saturated carbocycles. The van der Waals surface area contributed by atoms with E-state index in [1.807, 2.05) is 7.05 Å². The molecule has 4 heteroatoms. The van der Waals surface area contributed by atoms with Crippen molar-refractivity contribution in [3.05, 3.63) is 35.6 Å². The highest BCUT2D eigenvalue weighted by Gasteiger charge is 2.26. The number of halogens is 1. The third kappa shape index (κ3) is 4.01. The normalized spacial score (nSPS) is 24.9. The van der Waals surface area contributed by atoms with Crippen LogP contribution in [0.5, 0.6) is 0 Å². The Labute approximate surface area is 120 Å². The maximum absolute atomic E-state index is 13.1. The van der Waals surface area contributed by atoms with E-state index in [1.54, 1.807) is 12.1 Å². The molecule has 0 bridgehead atoms. The Balaban J connectivity index is 1.84. The number of benzene rings is 1. The minimum Gasteiger partial charge on any atom is -0.391 e. The summed E-state index contributed by atoms with van der Waals surface area (Å²) in [5.74, 6) is -0.322. The Hall–Kier alpha value is -0.970. The lowest BCUT2D eigenvalue weighted by molar-refractivity contribution is 0.0253. The molecule has 0 radical (unpaired) electrons. The number of hydrogen-bond donors (Lipinski definition) is 2. The fourth-order valence-electron chi connectivity index (χ4n) is 2.98. The van der Waals surface area contributed by atoms with Crippen molar-refractivity contribution in [1.82, 2.24) is 4.90 Å². The first-order valence-electron chi connectivity index (χ1n) is 7.40. The molecule has 1 aliphatic carbocycles. The summed E-state index contributed by atoms with van der Waals surface area (Å²) in [4.78, 5) is 2.12. The molecule has 112 valence electrons. The minimum atomic E-state index is -0.658. The van der Waals surface area contributed by atoms with Gasteiger partial charge in [0, 0.05) is 12.6 Å². The van der Waals surface area contributed by atoms with Gasteiger partial charge in [-0.3, -0.25) is 0 Å². The van der Waals surface area contributed by atoms with Crippen LogP contribution in [0.3, 0.4) is 0 Å². The summed E-state index contributed by atoms with van der Waals surface area (Å²) >= 11 is 0. The zero-order valence-corrected chi connectivity index (χ0v) is 12.0. The SMILES string of the molecule is CN(CCC(O)c1cccc(F)c1)C1CCCCC1O. The van der Waals surface area contributed by atoms with Gasteiger partial charge in [0.05, 0.1) is 12.2 Å². The van der Waals surface area contributed by atoms with E-state index >= 15 is 0 Å². The Kier molecular flexibility index (Phi) is 5.52. The van der Waals surface area contributed by atoms with Crippen molar-refractivity contribution in [3.8, 4) is 0 Å². The van der Waals surface area contributed by atoms with E-state index in [4.69, 9.17) is 0 Å². The van der Waals surface area contributed by atoms with Crippen LogP contribution < -0.4 is 0 Å². The van der Waals surface area contributed by atoms with Gasteiger partial charge in [0.15, 0.2) is 0 Å². The Morgan fingerprint density at radius 2 is 2.10 bits per heavy atom. The van der Waals surface area contributed by atoms with Gasteiger partial charge in [-0.05, 0) is 44.0 Å². The monoisotopic (exact) mass is 281 g/mol. The minimum absolute atomic E-state index is 0.184. The summed E-state index contributed by atoms with van der Waals surface area (Å²) in [7, 11) is 1.98. The molecule has 1 fully saturated rings. The number of likely N-dealkylation sites (N-methyl/N-ethyl adjacent to an activating group) is 1. The van der Waals surface area contributed by atoms with Gasteiger partial charge >= 0.3 is 0 Å². The van der Waals surface area contributed by atoms with E-state index in [-0.39, 0.29) is 18.0 Å². The third-order valence-corrected chi connectivity index (χ3v) is 4.25. The first-order valence-corrected chi connectivity index (χ1v) is 7.40. The fourth-order valence-corrected chi connectivity index (χ4v) is 2.98. The molecule has 0 aromatic heterocycles. The molecule has 3 nitrogen and oxygen atoms in total. The number of aliphatic hydroxyl groups is 2. The lowest BCUT2D eigenvalue weighted by Gasteiger charge is -2.35. The number of aliphatic hydroxyl groups excluding tert-OH is 2. The van der Waals surface area contributed by atoms with Crippen LogP contribution in [0.1, 0.15) is 43.8 Å². The van der Waals surface area contributed by atoms with E-state index in [1.165, 1.54) is 12.1 Å². The average molecular weight is 281 g/mol. The molecule has 0 amide bonds. The molecule has 0 heterocycles. The molecule has 1 aromatic carbocycles. The molecule has 3 atom stereocenters. The second kappa shape index (κ2) is 7.16. The van der Waals surface area contributed by atoms with Gasteiger partial charge in [0.1, 0.15) is 5.82 Å². The van der Waals surface area contributed by atoms with Crippen LogP contribution in [0.2, 0.25) is 0 Å². The Morgan fingerprint density at radius 3 is 2.80 bits per heavy atom. The molecule has 2 N–H and O–H groups in total. The Morgan fingerprint density at radius 1 is 1.35 bits per heavy atom. The van der Waals surface area contributed by atoms with Gasteiger partial charge in [-0.2, -0.15) is 0 Å². The van der Waals surface area contributed by atoms with Crippen LogP contribution in [-0.4, -0.2) is 40.9 Å². The summed E-state index contributed by atoms with van der Waals surface area (Å²) in [5.41, 5.74) is 0.614. The molecule has 2 rings (SSSR count). The van der Waals surface area contributed by atoms with Crippen molar-refractivity contribution in [1.29, 1.82) is 0 Å². The lowest BCUT2D eigenvalue weighted by Crippen LogP contribution is -2.43. The highest BCUT2D eigenvalue weighted by Crippen LogP contribution is 2.24. The highest BCUT2D eigenvalue weighted by atomic mass is 19.1. The molecule has 1 aromatic rings. The van der Waals surface area contributed by atoms with Crippen molar-refractivity contribution < 1.29 is 14.6 Å². The van der Waals surface area contributed by atoms with E-state index in [2.05, 4.69) is 4.90 Å². The van der Waals surface area contributed by atoms with E-state index in [9.17, 15) is 14.6 Å². The van der Waals surface area contributed by atoms with Crippen molar-refractivity contribution in [2.24, 2.45) is 0 Å². The predicted octanol–water partition coefficient (Wildman–Crippen LogP) is 2.48. The van der Waals surface area contributed by atoms with Gasteiger partial charge < -0.3 is 15.1 Å². The number of nitrogens with zero attached hydrogens (tertiary/aromatic N) is 1. The van der Waals surface area contributed by atoms with Crippen molar-refractivity contribution >= 4 is 0 Å². The molecule has 3 unspecified atom stereocenters. The van der Waals surface area contributed by atoms with Gasteiger partial charge in [-0.1, -0.05) is 25.0 Å². The predicted molar refractivity (Wildman–Crippen MR) is 76.9 cm³/mol. The lowest BCUT2D eigenvalue weighted by atomic mass is 9.91. The van der Waals surface area contributed by atoms with Gasteiger partial charge in [0.25, 0.3) is 0 Å². The molecule has 0 aliphatic heterocycles. The molecular formula is C16H24FNO2. The average Bonchev–Trinajstić information content (AvgIpc) is 2.45. The van der Waals surface area contributed by atoms with Crippen molar-refractivity contribution in [3.63, 3.8) is 0 Å². The summed E-state index contributed by atoms with van der Waals surface area (Å²) in [6.07, 6.45) is 3.74. The summed E-state index contributed by atoms with van der Waals surface area (Å²) < 4.78 is 13.1. The van der Waals surface area contributed by atoms with Crippen LogP contribution in [-0.2, 0) is 0 Å². The van der Waals surface area contributed by atoms with Crippen molar-refractivity contribution in [2.75, 3.05) is 13.6 Å². The maximum Gasteiger partial charge on any atom is 0.123 e. The van der Waals surface area contributed by atoms with Gasteiger partial charge in [-0.15, -0.1) is 0 Å². The van der Waals surface area contributed by atoms with E-state index in [0.29, 0.717) is 18.5 Å². The molecule has 0 spiro atoms. The molecular weight excluding hydrogens is 257 g/mol. The van der Waals surface area contributed by atoms with Crippen LogP contribution in [0.4, 0.5) is 4.39 Å². The first-order chi connectivity index (χ1) is 9.58. The first kappa shape index (κ1) is 15.4. The third-order valence-electron chi connectivity index (χ3n) is 4.25. The van der Waals surface area contributed by atoms with Crippen LogP contribution in [0.25, 0.3) is 0 Å². The highest BCUT2D eigenvalue weighted by molar-refractivity contribution is 5.18. The Bertz CT molecular complexity index is 427.